The van der Waals surface area contributed by atoms with E-state index in [-0.39, 0.29) is 12.3 Å². The van der Waals surface area contributed by atoms with E-state index in [2.05, 4.69) is 20.9 Å². The van der Waals surface area contributed by atoms with E-state index in [0.29, 0.717) is 15.3 Å². The highest BCUT2D eigenvalue weighted by Gasteiger charge is 2.15. The molecule has 76 valence electrons. The molecule has 1 aromatic heterocycles. The number of aliphatic hydroxyl groups is 1. The van der Waals surface area contributed by atoms with Gasteiger partial charge in [-0.05, 0) is 15.9 Å². The Balaban J connectivity index is 2.96. The standard InChI is InChI=1S/C7H7BrN2O3S/c8-5-3-6(10(12)13)7(9-4-5)14-2-1-11/h3-4,11H,1-2H2. The van der Waals surface area contributed by atoms with Gasteiger partial charge in [0.05, 0.1) is 11.5 Å². The zero-order chi connectivity index (χ0) is 10.6. The molecule has 1 rings (SSSR count). The fraction of sp³-hybridized carbons (Fsp3) is 0.286. The van der Waals surface area contributed by atoms with Crippen molar-refractivity contribution in [1.82, 2.24) is 4.98 Å². The van der Waals surface area contributed by atoms with Gasteiger partial charge in [0.25, 0.3) is 0 Å². The van der Waals surface area contributed by atoms with Crippen molar-refractivity contribution >= 4 is 33.4 Å². The largest absolute Gasteiger partial charge is 0.396 e. The predicted molar refractivity (Wildman–Crippen MR) is 56.4 cm³/mol. The lowest BCUT2D eigenvalue weighted by Crippen LogP contribution is -1.95. The van der Waals surface area contributed by atoms with Gasteiger partial charge in [-0.2, -0.15) is 0 Å². The molecular formula is C7H7BrN2O3S. The molecule has 0 saturated carbocycles. The van der Waals surface area contributed by atoms with Crippen molar-refractivity contribution in [3.05, 3.63) is 26.9 Å². The molecule has 0 radical (unpaired) electrons. The molecule has 0 aliphatic rings. The summed E-state index contributed by atoms with van der Waals surface area (Å²) < 4.78 is 0.567. The van der Waals surface area contributed by atoms with Crippen LogP contribution in [0.15, 0.2) is 21.8 Å². The van der Waals surface area contributed by atoms with Gasteiger partial charge in [0.2, 0.25) is 0 Å². The van der Waals surface area contributed by atoms with Crippen LogP contribution in [0.1, 0.15) is 0 Å². The number of halogens is 1. The monoisotopic (exact) mass is 278 g/mol. The van der Waals surface area contributed by atoms with E-state index in [1.165, 1.54) is 12.3 Å². The third-order valence-corrected chi connectivity index (χ3v) is 2.73. The molecule has 0 aromatic carbocycles. The lowest BCUT2D eigenvalue weighted by molar-refractivity contribution is -0.388. The Labute approximate surface area is 92.8 Å². The third-order valence-electron chi connectivity index (χ3n) is 1.33. The maximum atomic E-state index is 10.6. The summed E-state index contributed by atoms with van der Waals surface area (Å²) >= 11 is 4.27. The second kappa shape index (κ2) is 5.28. The average Bonchev–Trinajstić information content (AvgIpc) is 2.15. The number of hydrogen-bond donors (Lipinski definition) is 1. The Morgan fingerprint density at radius 2 is 2.43 bits per heavy atom. The molecule has 0 aliphatic heterocycles. The number of nitro groups is 1. The molecule has 0 aliphatic carbocycles. The molecule has 14 heavy (non-hydrogen) atoms. The smallest absolute Gasteiger partial charge is 0.302 e. The molecule has 5 nitrogen and oxygen atoms in total. The van der Waals surface area contributed by atoms with Gasteiger partial charge in [0, 0.05) is 22.5 Å². The summed E-state index contributed by atoms with van der Waals surface area (Å²) in [5, 5.41) is 19.5. The number of rotatable bonds is 4. The van der Waals surface area contributed by atoms with Gasteiger partial charge in [0.1, 0.15) is 0 Å². The lowest BCUT2D eigenvalue weighted by atomic mass is 10.4. The first-order valence-corrected chi connectivity index (χ1v) is 5.46. The Morgan fingerprint density at radius 1 is 1.71 bits per heavy atom. The van der Waals surface area contributed by atoms with Gasteiger partial charge < -0.3 is 5.11 Å². The number of nitrogens with zero attached hydrogens (tertiary/aromatic N) is 2. The molecule has 1 N–H and O–H groups in total. The fourth-order valence-corrected chi connectivity index (χ4v) is 1.81. The van der Waals surface area contributed by atoms with Crippen LogP contribution < -0.4 is 0 Å². The van der Waals surface area contributed by atoms with Crippen LogP contribution in [-0.2, 0) is 0 Å². The first-order chi connectivity index (χ1) is 6.65. The van der Waals surface area contributed by atoms with Crippen molar-refractivity contribution in [2.75, 3.05) is 12.4 Å². The van der Waals surface area contributed by atoms with Gasteiger partial charge in [-0.1, -0.05) is 11.8 Å². The van der Waals surface area contributed by atoms with Gasteiger partial charge in [0.15, 0.2) is 5.03 Å². The van der Waals surface area contributed by atoms with E-state index < -0.39 is 4.92 Å². The minimum absolute atomic E-state index is 0.0282. The van der Waals surface area contributed by atoms with Crippen LogP contribution in [0.2, 0.25) is 0 Å². The molecule has 0 atom stereocenters. The van der Waals surface area contributed by atoms with Gasteiger partial charge in [-0.15, -0.1) is 0 Å². The van der Waals surface area contributed by atoms with E-state index in [0.717, 1.165) is 11.8 Å². The van der Waals surface area contributed by atoms with Crippen LogP contribution in [-0.4, -0.2) is 27.4 Å². The van der Waals surface area contributed by atoms with Gasteiger partial charge in [-0.3, -0.25) is 10.1 Å². The predicted octanol–water partition coefficient (Wildman–Crippen LogP) is 1.84. The summed E-state index contributed by atoms with van der Waals surface area (Å²) in [6.45, 7) is -0.0282. The maximum absolute atomic E-state index is 10.6. The molecule has 1 heterocycles. The number of pyridine rings is 1. The Hall–Kier alpha value is -0.660. The summed E-state index contributed by atoms with van der Waals surface area (Å²) in [7, 11) is 0. The fourth-order valence-electron chi connectivity index (χ4n) is 0.800. The zero-order valence-electron chi connectivity index (χ0n) is 7.01. The summed E-state index contributed by atoms with van der Waals surface area (Å²) in [4.78, 5) is 14.0. The molecule has 0 saturated heterocycles. The average molecular weight is 279 g/mol. The lowest BCUT2D eigenvalue weighted by Gasteiger charge is -2.00. The van der Waals surface area contributed by atoms with Crippen molar-refractivity contribution in [3.8, 4) is 0 Å². The van der Waals surface area contributed by atoms with Crippen molar-refractivity contribution in [1.29, 1.82) is 0 Å². The minimum Gasteiger partial charge on any atom is -0.396 e. The van der Waals surface area contributed by atoms with Crippen LogP contribution in [0.5, 0.6) is 0 Å². The maximum Gasteiger partial charge on any atom is 0.302 e. The zero-order valence-corrected chi connectivity index (χ0v) is 9.42. The molecule has 0 amide bonds. The number of aromatic nitrogens is 1. The summed E-state index contributed by atoms with van der Waals surface area (Å²) in [5.74, 6) is 0.398. The third kappa shape index (κ3) is 2.93. The van der Waals surface area contributed by atoms with E-state index in [1.807, 2.05) is 0 Å². The normalized spacial score (nSPS) is 10.1. The van der Waals surface area contributed by atoms with Gasteiger partial charge in [-0.25, -0.2) is 4.98 Å². The summed E-state index contributed by atoms with van der Waals surface area (Å²) in [6.07, 6.45) is 1.49. The quantitative estimate of drug-likeness (QED) is 0.517. The molecule has 0 bridgehead atoms. The number of hydrogen-bond acceptors (Lipinski definition) is 5. The second-order valence-electron chi connectivity index (χ2n) is 2.31. The summed E-state index contributed by atoms with van der Waals surface area (Å²) in [6, 6.07) is 1.40. The number of thioether (sulfide) groups is 1. The highest BCUT2D eigenvalue weighted by Crippen LogP contribution is 2.28. The first kappa shape index (κ1) is 11.4. The van der Waals surface area contributed by atoms with Crippen LogP contribution >= 0.6 is 27.7 Å². The van der Waals surface area contributed by atoms with Crippen molar-refractivity contribution in [2.24, 2.45) is 0 Å². The SMILES string of the molecule is O=[N+]([O-])c1cc(Br)cnc1SCCO. The Morgan fingerprint density at radius 3 is 3.00 bits per heavy atom. The Bertz CT molecular complexity index is 348. The van der Waals surface area contributed by atoms with Gasteiger partial charge >= 0.3 is 5.69 Å². The van der Waals surface area contributed by atoms with Crippen molar-refractivity contribution in [2.45, 2.75) is 5.03 Å². The highest BCUT2D eigenvalue weighted by molar-refractivity contribution is 9.10. The van der Waals surface area contributed by atoms with Crippen LogP contribution in [0.25, 0.3) is 0 Å². The molecule has 0 spiro atoms. The summed E-state index contributed by atoms with van der Waals surface area (Å²) in [5.41, 5.74) is -0.0437. The van der Waals surface area contributed by atoms with Crippen LogP contribution in [0, 0.1) is 10.1 Å². The second-order valence-corrected chi connectivity index (χ2v) is 4.31. The minimum atomic E-state index is -0.489. The molecule has 7 heteroatoms. The van der Waals surface area contributed by atoms with E-state index in [4.69, 9.17) is 5.11 Å². The first-order valence-electron chi connectivity index (χ1n) is 3.68. The molecular weight excluding hydrogens is 272 g/mol. The molecule has 0 unspecified atom stereocenters. The van der Waals surface area contributed by atoms with Crippen LogP contribution in [0.4, 0.5) is 5.69 Å². The number of aliphatic hydroxyl groups excluding tert-OH is 1. The van der Waals surface area contributed by atoms with E-state index in [9.17, 15) is 10.1 Å². The molecule has 1 aromatic rings. The van der Waals surface area contributed by atoms with Crippen molar-refractivity contribution < 1.29 is 10.0 Å². The van der Waals surface area contributed by atoms with E-state index in [1.54, 1.807) is 0 Å². The van der Waals surface area contributed by atoms with Crippen LogP contribution in [0.3, 0.4) is 0 Å². The topological polar surface area (TPSA) is 76.3 Å². The molecule has 0 fully saturated rings. The van der Waals surface area contributed by atoms with E-state index >= 15 is 0 Å². The highest BCUT2D eigenvalue weighted by atomic mass is 79.9. The Kier molecular flexibility index (Phi) is 4.30. The van der Waals surface area contributed by atoms with Crippen molar-refractivity contribution in [3.63, 3.8) is 0 Å².